The second-order valence-electron chi connectivity index (χ2n) is 5.23. The summed E-state index contributed by atoms with van der Waals surface area (Å²) in [7, 11) is -3.58. The first-order valence-electron chi connectivity index (χ1n) is 7.11. The molecule has 1 fully saturated rings. The van der Waals surface area contributed by atoms with Gasteiger partial charge in [-0.05, 0) is 50.0 Å². The van der Waals surface area contributed by atoms with Crippen molar-refractivity contribution in [1.29, 1.82) is 0 Å². The maximum Gasteiger partial charge on any atom is 0.243 e. The highest BCUT2D eigenvalue weighted by molar-refractivity contribution is 7.89. The van der Waals surface area contributed by atoms with Crippen molar-refractivity contribution in [3.8, 4) is 0 Å². The molecule has 1 saturated heterocycles. The Morgan fingerprint density at radius 2 is 2.05 bits per heavy atom. The summed E-state index contributed by atoms with van der Waals surface area (Å²) in [4.78, 5) is 0.0547. The SMILES string of the molecule is CCNCC1CCN(S(=O)(=O)c2ccc(F)c(Cl)c2)CC1. The van der Waals surface area contributed by atoms with Gasteiger partial charge in [-0.2, -0.15) is 4.31 Å². The zero-order valence-electron chi connectivity index (χ0n) is 12.0. The zero-order chi connectivity index (χ0) is 15.5. The number of halogens is 2. The highest BCUT2D eigenvalue weighted by Gasteiger charge is 2.29. The van der Waals surface area contributed by atoms with Crippen LogP contribution in [0.25, 0.3) is 0 Å². The lowest BCUT2D eigenvalue weighted by Gasteiger charge is -2.31. The summed E-state index contributed by atoms with van der Waals surface area (Å²) in [6, 6.07) is 3.53. The molecule has 0 aliphatic carbocycles. The van der Waals surface area contributed by atoms with Gasteiger partial charge >= 0.3 is 0 Å². The summed E-state index contributed by atoms with van der Waals surface area (Å²) in [5, 5.41) is 3.12. The Kier molecular flexibility index (Phi) is 5.60. The fraction of sp³-hybridized carbons (Fsp3) is 0.571. The Hall–Kier alpha value is -0.690. The molecule has 7 heteroatoms. The first kappa shape index (κ1) is 16.7. The maximum atomic E-state index is 13.2. The van der Waals surface area contributed by atoms with Crippen molar-refractivity contribution in [2.24, 2.45) is 5.92 Å². The lowest BCUT2D eigenvalue weighted by atomic mass is 9.98. The summed E-state index contributed by atoms with van der Waals surface area (Å²) in [5.74, 6) is -0.104. The van der Waals surface area contributed by atoms with Gasteiger partial charge in [0.15, 0.2) is 0 Å². The standard InChI is InChI=1S/C14H20ClFN2O2S/c1-2-17-10-11-5-7-18(8-6-11)21(19,20)12-3-4-14(16)13(15)9-12/h3-4,9,11,17H,2,5-8,10H2,1H3. The number of hydrogen-bond acceptors (Lipinski definition) is 3. The van der Waals surface area contributed by atoms with Gasteiger partial charge in [-0.25, -0.2) is 12.8 Å². The normalized spacial score (nSPS) is 18.0. The highest BCUT2D eigenvalue weighted by atomic mass is 35.5. The van der Waals surface area contributed by atoms with Crippen LogP contribution in [-0.2, 0) is 10.0 Å². The second-order valence-corrected chi connectivity index (χ2v) is 7.58. The number of nitrogens with one attached hydrogen (secondary N) is 1. The van der Waals surface area contributed by atoms with Gasteiger partial charge < -0.3 is 5.32 Å². The minimum absolute atomic E-state index is 0.0547. The van der Waals surface area contributed by atoms with Crippen LogP contribution in [-0.4, -0.2) is 38.9 Å². The summed E-state index contributed by atoms with van der Waals surface area (Å²) in [5.41, 5.74) is 0. The molecule has 1 aromatic carbocycles. The third-order valence-corrected chi connectivity index (χ3v) is 5.97. The number of piperidine rings is 1. The van der Waals surface area contributed by atoms with E-state index in [0.717, 1.165) is 32.0 Å². The molecule has 0 bridgehead atoms. The van der Waals surface area contributed by atoms with Crippen LogP contribution in [0.4, 0.5) is 4.39 Å². The van der Waals surface area contributed by atoms with Crippen LogP contribution in [0.3, 0.4) is 0 Å². The molecule has 0 atom stereocenters. The number of sulfonamides is 1. The minimum Gasteiger partial charge on any atom is -0.317 e. The largest absolute Gasteiger partial charge is 0.317 e. The van der Waals surface area contributed by atoms with E-state index in [4.69, 9.17) is 11.6 Å². The van der Waals surface area contributed by atoms with Gasteiger partial charge in [0, 0.05) is 13.1 Å². The molecule has 1 heterocycles. The monoisotopic (exact) mass is 334 g/mol. The molecule has 118 valence electrons. The van der Waals surface area contributed by atoms with Crippen molar-refractivity contribution in [2.75, 3.05) is 26.2 Å². The summed E-state index contributed by atoms with van der Waals surface area (Å²) in [6.45, 7) is 4.89. The maximum absolute atomic E-state index is 13.2. The third kappa shape index (κ3) is 3.94. The first-order valence-corrected chi connectivity index (χ1v) is 8.93. The lowest BCUT2D eigenvalue weighted by molar-refractivity contribution is 0.268. The fourth-order valence-electron chi connectivity index (χ4n) is 2.49. The van der Waals surface area contributed by atoms with Gasteiger partial charge in [0.05, 0.1) is 9.92 Å². The van der Waals surface area contributed by atoms with Gasteiger partial charge in [-0.15, -0.1) is 0 Å². The molecule has 0 saturated carbocycles. The van der Waals surface area contributed by atoms with Crippen LogP contribution in [0.1, 0.15) is 19.8 Å². The van der Waals surface area contributed by atoms with Gasteiger partial charge in [-0.3, -0.25) is 0 Å². The third-order valence-electron chi connectivity index (χ3n) is 3.79. The molecule has 0 spiro atoms. The molecular formula is C14H20ClFN2O2S. The Morgan fingerprint density at radius 1 is 1.38 bits per heavy atom. The van der Waals surface area contributed by atoms with Gasteiger partial charge in [-0.1, -0.05) is 18.5 Å². The summed E-state index contributed by atoms with van der Waals surface area (Å²) in [6.07, 6.45) is 1.67. The smallest absolute Gasteiger partial charge is 0.243 e. The molecule has 0 aromatic heterocycles. The Labute approximate surface area is 130 Å². The predicted octanol–water partition coefficient (Wildman–Crippen LogP) is 2.49. The van der Waals surface area contributed by atoms with Crippen molar-refractivity contribution in [2.45, 2.75) is 24.7 Å². The number of rotatable bonds is 5. The average Bonchev–Trinajstić information content (AvgIpc) is 2.48. The van der Waals surface area contributed by atoms with E-state index in [-0.39, 0.29) is 9.92 Å². The van der Waals surface area contributed by atoms with Crippen LogP contribution in [0.5, 0.6) is 0 Å². The summed E-state index contributed by atoms with van der Waals surface area (Å²) < 4.78 is 39.6. The molecule has 1 aliphatic heterocycles. The van der Waals surface area contributed by atoms with Crippen LogP contribution < -0.4 is 5.32 Å². The highest BCUT2D eigenvalue weighted by Crippen LogP contribution is 2.26. The number of benzene rings is 1. The van der Waals surface area contributed by atoms with E-state index in [2.05, 4.69) is 12.2 Å². The van der Waals surface area contributed by atoms with E-state index in [1.807, 2.05) is 0 Å². The van der Waals surface area contributed by atoms with Crippen LogP contribution in [0, 0.1) is 11.7 Å². The average molecular weight is 335 g/mol. The molecule has 21 heavy (non-hydrogen) atoms. The fourth-order valence-corrected chi connectivity index (χ4v) is 4.23. The predicted molar refractivity (Wildman–Crippen MR) is 81.4 cm³/mol. The first-order chi connectivity index (χ1) is 9.95. The van der Waals surface area contributed by atoms with Crippen LogP contribution >= 0.6 is 11.6 Å². The molecule has 0 amide bonds. The van der Waals surface area contributed by atoms with Crippen molar-refractivity contribution in [3.63, 3.8) is 0 Å². The molecule has 0 unspecified atom stereocenters. The van der Waals surface area contributed by atoms with E-state index in [1.54, 1.807) is 0 Å². The van der Waals surface area contributed by atoms with Gasteiger partial charge in [0.2, 0.25) is 10.0 Å². The molecule has 4 nitrogen and oxygen atoms in total. The molecular weight excluding hydrogens is 315 g/mol. The van der Waals surface area contributed by atoms with E-state index in [0.29, 0.717) is 19.0 Å². The lowest BCUT2D eigenvalue weighted by Crippen LogP contribution is -2.40. The van der Waals surface area contributed by atoms with E-state index < -0.39 is 15.8 Å². The van der Waals surface area contributed by atoms with Crippen LogP contribution in [0.15, 0.2) is 23.1 Å². The Morgan fingerprint density at radius 3 is 2.62 bits per heavy atom. The van der Waals surface area contributed by atoms with Crippen molar-refractivity contribution >= 4 is 21.6 Å². The minimum atomic E-state index is -3.58. The number of hydrogen-bond donors (Lipinski definition) is 1. The molecule has 1 N–H and O–H groups in total. The van der Waals surface area contributed by atoms with E-state index in [9.17, 15) is 12.8 Å². The van der Waals surface area contributed by atoms with Gasteiger partial charge in [0.1, 0.15) is 5.82 Å². The van der Waals surface area contributed by atoms with Crippen molar-refractivity contribution in [3.05, 3.63) is 29.0 Å². The van der Waals surface area contributed by atoms with E-state index >= 15 is 0 Å². The number of nitrogens with zero attached hydrogens (tertiary/aromatic N) is 1. The van der Waals surface area contributed by atoms with Crippen molar-refractivity contribution < 1.29 is 12.8 Å². The quantitative estimate of drug-likeness (QED) is 0.900. The van der Waals surface area contributed by atoms with Crippen LogP contribution in [0.2, 0.25) is 5.02 Å². The molecule has 1 aromatic rings. The molecule has 2 rings (SSSR count). The molecule has 1 aliphatic rings. The Bertz CT molecular complexity index is 587. The van der Waals surface area contributed by atoms with E-state index in [1.165, 1.54) is 16.4 Å². The van der Waals surface area contributed by atoms with Gasteiger partial charge in [0.25, 0.3) is 0 Å². The summed E-state index contributed by atoms with van der Waals surface area (Å²) >= 11 is 5.67. The zero-order valence-corrected chi connectivity index (χ0v) is 13.6. The second kappa shape index (κ2) is 7.05. The Balaban J connectivity index is 2.06. The molecule has 0 radical (unpaired) electrons. The topological polar surface area (TPSA) is 49.4 Å². The van der Waals surface area contributed by atoms with Crippen molar-refractivity contribution in [1.82, 2.24) is 9.62 Å².